The Morgan fingerprint density at radius 1 is 0.786 bits per heavy atom. The van der Waals surface area contributed by atoms with Crippen LogP contribution in [0.5, 0.6) is 0 Å². The Kier molecular flexibility index (Phi) is 6.15. The van der Waals surface area contributed by atoms with Gasteiger partial charge in [0.25, 0.3) is 0 Å². The molecule has 0 saturated carbocycles. The molecular weight excluding hydrogens is 199 g/mol. The third-order valence-electron chi connectivity index (χ3n) is 2.29. The van der Waals surface area contributed by atoms with Crippen molar-refractivity contribution < 1.29 is 14.7 Å². The predicted molar refractivity (Wildman–Crippen MR) is 62.4 cm³/mol. The molecule has 3 nitrogen and oxygen atoms in total. The summed E-state index contributed by atoms with van der Waals surface area (Å²) in [6.07, 6.45) is 8.00. The third-order valence-corrected chi connectivity index (χ3v) is 3.65. The minimum absolute atomic E-state index is 0.152. The Morgan fingerprint density at radius 3 is 1.64 bits per heavy atom. The topological polar surface area (TPSA) is 60.7 Å². The van der Waals surface area contributed by atoms with Gasteiger partial charge in [0.15, 0.2) is 0 Å². The normalized spacial score (nSPS) is 15.1. The average molecular weight is 224 g/mol. The molecule has 0 bridgehead atoms. The van der Waals surface area contributed by atoms with E-state index in [1.54, 1.807) is 0 Å². The zero-order valence-electron chi connectivity index (χ0n) is 9.45. The van der Waals surface area contributed by atoms with Crippen LogP contribution >= 0.6 is 7.28 Å². The summed E-state index contributed by atoms with van der Waals surface area (Å²) in [4.78, 5) is 27.5. The standard InChI is InChI=1S/C10H25O3P/c1-3-4-5-6-7-8-9-10-14(2,11,12)13/h11-13H,3-10H2,1-2H3. The SMILES string of the molecule is CCCCCCCCCP(C)(O)(O)O. The van der Waals surface area contributed by atoms with Gasteiger partial charge in [-0.15, -0.1) is 0 Å². The van der Waals surface area contributed by atoms with Gasteiger partial charge in [-0.25, -0.2) is 0 Å². The second kappa shape index (κ2) is 6.02. The van der Waals surface area contributed by atoms with E-state index in [9.17, 15) is 0 Å². The fraction of sp³-hybridized carbons (Fsp3) is 1.00. The molecule has 3 N–H and O–H groups in total. The average Bonchev–Trinajstić information content (AvgIpc) is 2.00. The summed E-state index contributed by atoms with van der Waals surface area (Å²) < 4.78 is 0. The Balaban J connectivity index is 3.23. The molecule has 0 aromatic carbocycles. The molecule has 0 fully saturated rings. The van der Waals surface area contributed by atoms with E-state index in [4.69, 9.17) is 14.7 Å². The fourth-order valence-electron chi connectivity index (χ4n) is 1.44. The second-order valence-corrected chi connectivity index (χ2v) is 8.12. The molecule has 0 unspecified atom stereocenters. The van der Waals surface area contributed by atoms with Crippen LogP contribution in [0.15, 0.2) is 0 Å². The third kappa shape index (κ3) is 12.3. The van der Waals surface area contributed by atoms with Gasteiger partial charge in [0, 0.05) is 0 Å². The molecule has 0 rings (SSSR count). The summed E-state index contributed by atoms with van der Waals surface area (Å²) in [5.41, 5.74) is 0. The van der Waals surface area contributed by atoms with Crippen LogP contribution in [0.4, 0.5) is 0 Å². The maximum atomic E-state index is 9.17. The molecule has 0 aromatic heterocycles. The van der Waals surface area contributed by atoms with Gasteiger partial charge in [0.05, 0.1) is 0 Å². The van der Waals surface area contributed by atoms with Gasteiger partial charge in [-0.1, -0.05) is 0 Å². The van der Waals surface area contributed by atoms with Gasteiger partial charge in [-0.2, -0.15) is 0 Å². The first kappa shape index (κ1) is 14.3. The molecular formula is C10H25O3P. The Hall–Kier alpha value is 0.310. The van der Waals surface area contributed by atoms with Gasteiger partial charge in [0.1, 0.15) is 0 Å². The molecule has 0 aliphatic heterocycles. The maximum absolute atomic E-state index is 9.17. The Bertz CT molecular complexity index is 142. The molecule has 0 aliphatic rings. The summed E-state index contributed by atoms with van der Waals surface area (Å²) in [5.74, 6) is 0. The van der Waals surface area contributed by atoms with E-state index >= 15 is 0 Å². The first-order valence-corrected chi connectivity index (χ1v) is 8.30. The van der Waals surface area contributed by atoms with Crippen molar-refractivity contribution in [3.8, 4) is 0 Å². The van der Waals surface area contributed by atoms with Gasteiger partial charge in [0.2, 0.25) is 0 Å². The van der Waals surface area contributed by atoms with Crippen molar-refractivity contribution in [3.05, 3.63) is 0 Å². The number of hydrogen-bond donors (Lipinski definition) is 3. The number of unbranched alkanes of at least 4 members (excludes halogenated alkanes) is 6. The zero-order valence-corrected chi connectivity index (χ0v) is 10.3. The van der Waals surface area contributed by atoms with E-state index in [0.717, 1.165) is 19.5 Å². The van der Waals surface area contributed by atoms with E-state index in [-0.39, 0.29) is 6.16 Å². The van der Waals surface area contributed by atoms with Crippen LogP contribution in [-0.4, -0.2) is 27.5 Å². The van der Waals surface area contributed by atoms with E-state index in [0.29, 0.717) is 6.42 Å². The van der Waals surface area contributed by atoms with Gasteiger partial charge >= 0.3 is 86.7 Å². The monoisotopic (exact) mass is 224 g/mol. The summed E-state index contributed by atoms with van der Waals surface area (Å²) in [7, 11) is -4.19. The van der Waals surface area contributed by atoms with E-state index in [1.165, 1.54) is 25.7 Å². The van der Waals surface area contributed by atoms with Crippen molar-refractivity contribution >= 4 is 7.28 Å². The molecule has 0 saturated heterocycles. The molecule has 0 amide bonds. The number of hydrogen-bond acceptors (Lipinski definition) is 3. The van der Waals surface area contributed by atoms with E-state index in [1.807, 2.05) is 0 Å². The first-order valence-electron chi connectivity index (χ1n) is 5.57. The molecule has 0 atom stereocenters. The summed E-state index contributed by atoms with van der Waals surface area (Å²) in [6, 6.07) is 0. The summed E-state index contributed by atoms with van der Waals surface area (Å²) >= 11 is 0. The Morgan fingerprint density at radius 2 is 1.21 bits per heavy atom. The zero-order chi connectivity index (χ0) is 11.1. The van der Waals surface area contributed by atoms with Crippen LogP contribution in [0.3, 0.4) is 0 Å². The van der Waals surface area contributed by atoms with Crippen LogP contribution in [-0.2, 0) is 0 Å². The molecule has 0 spiro atoms. The van der Waals surface area contributed by atoms with Crippen molar-refractivity contribution in [2.24, 2.45) is 0 Å². The quantitative estimate of drug-likeness (QED) is 0.439. The van der Waals surface area contributed by atoms with Crippen molar-refractivity contribution in [1.82, 2.24) is 0 Å². The first-order chi connectivity index (χ1) is 6.31. The second-order valence-electron chi connectivity index (χ2n) is 4.45. The van der Waals surface area contributed by atoms with Crippen LogP contribution in [0.2, 0.25) is 0 Å². The van der Waals surface area contributed by atoms with Crippen LogP contribution in [0.1, 0.15) is 51.9 Å². The van der Waals surface area contributed by atoms with Crippen LogP contribution in [0.25, 0.3) is 0 Å². The van der Waals surface area contributed by atoms with Crippen LogP contribution < -0.4 is 0 Å². The number of rotatable bonds is 8. The molecule has 14 heavy (non-hydrogen) atoms. The molecule has 4 heteroatoms. The molecule has 88 valence electrons. The molecule has 0 aliphatic carbocycles. The van der Waals surface area contributed by atoms with E-state index < -0.39 is 7.28 Å². The summed E-state index contributed by atoms with van der Waals surface area (Å²) in [6.45, 7) is 3.34. The van der Waals surface area contributed by atoms with Gasteiger partial charge in [-0.3, -0.25) is 0 Å². The molecule has 0 heterocycles. The predicted octanol–water partition coefficient (Wildman–Crippen LogP) is 2.64. The Labute approximate surface area is 87.3 Å². The molecule has 0 aromatic rings. The van der Waals surface area contributed by atoms with Gasteiger partial charge in [-0.05, 0) is 0 Å². The van der Waals surface area contributed by atoms with Crippen molar-refractivity contribution in [3.63, 3.8) is 0 Å². The molecule has 0 radical (unpaired) electrons. The van der Waals surface area contributed by atoms with Crippen molar-refractivity contribution in [2.75, 3.05) is 12.8 Å². The van der Waals surface area contributed by atoms with Gasteiger partial charge < -0.3 is 0 Å². The van der Waals surface area contributed by atoms with E-state index in [2.05, 4.69) is 6.92 Å². The van der Waals surface area contributed by atoms with Crippen LogP contribution in [0, 0.1) is 0 Å². The fourth-order valence-corrected chi connectivity index (χ4v) is 2.40. The summed E-state index contributed by atoms with van der Waals surface area (Å²) in [5, 5.41) is 0. The van der Waals surface area contributed by atoms with Crippen molar-refractivity contribution in [1.29, 1.82) is 0 Å². The minimum atomic E-state index is -4.19. The van der Waals surface area contributed by atoms with Crippen molar-refractivity contribution in [2.45, 2.75) is 51.9 Å².